The van der Waals surface area contributed by atoms with Crippen LogP contribution in [0.25, 0.3) is 0 Å². The topological polar surface area (TPSA) is 80.5 Å². The van der Waals surface area contributed by atoms with E-state index in [4.69, 9.17) is 5.73 Å². The Morgan fingerprint density at radius 3 is 2.60 bits per heavy atom. The summed E-state index contributed by atoms with van der Waals surface area (Å²) in [6, 6.07) is 1.20. The molecule has 0 aromatic heterocycles. The van der Waals surface area contributed by atoms with Crippen LogP contribution < -0.4 is 5.73 Å². The lowest BCUT2D eigenvalue weighted by molar-refractivity contribution is -0.121. The van der Waals surface area contributed by atoms with Gasteiger partial charge in [0.05, 0.1) is 0 Å². The molecule has 1 amide bonds. The largest absolute Gasteiger partial charge is 0.368 e. The van der Waals surface area contributed by atoms with Crippen LogP contribution in [0.15, 0.2) is 23.1 Å². The average Bonchev–Trinajstić information content (AvgIpc) is 2.75. The quantitative estimate of drug-likeness (QED) is 0.885. The van der Waals surface area contributed by atoms with Crippen molar-refractivity contribution in [3.8, 4) is 0 Å². The van der Waals surface area contributed by atoms with Crippen molar-refractivity contribution >= 4 is 15.9 Å². The molecule has 0 radical (unpaired) electrons. The van der Waals surface area contributed by atoms with Crippen molar-refractivity contribution in [1.82, 2.24) is 4.31 Å². The monoisotopic (exact) mass is 308 g/mol. The van der Waals surface area contributed by atoms with Crippen molar-refractivity contribution in [2.75, 3.05) is 6.54 Å². The minimum Gasteiger partial charge on any atom is -0.368 e. The summed E-state index contributed by atoms with van der Waals surface area (Å²) in [6.07, 6.45) is -1.98. The molecule has 1 aromatic rings. The van der Waals surface area contributed by atoms with Crippen molar-refractivity contribution in [3.63, 3.8) is 0 Å². The third-order valence-corrected chi connectivity index (χ3v) is 4.93. The molecule has 20 heavy (non-hydrogen) atoms. The van der Waals surface area contributed by atoms with Gasteiger partial charge in [0, 0.05) is 13.0 Å². The second-order valence-corrected chi connectivity index (χ2v) is 6.24. The number of carbonyl (C=O) groups excluding carboxylic acids is 1. The molecular formula is C11H11F3N2O3S. The number of hydrogen-bond donors (Lipinski definition) is 1. The SMILES string of the molecule is NC(=O)[C@@H]1C[C@@H](F)CN1S(=O)(=O)c1cccc(F)c1F. The predicted octanol–water partition coefficient (Wildman–Crippen LogP) is 0.551. The van der Waals surface area contributed by atoms with Crippen molar-refractivity contribution in [3.05, 3.63) is 29.8 Å². The van der Waals surface area contributed by atoms with Crippen molar-refractivity contribution in [2.24, 2.45) is 5.73 Å². The number of alkyl halides is 1. The van der Waals surface area contributed by atoms with E-state index in [1.807, 2.05) is 0 Å². The second kappa shape index (κ2) is 5.06. The standard InChI is InChI=1S/C11H11F3N2O3S/c12-6-4-8(11(15)17)16(5-6)20(18,19)9-3-1-2-7(13)10(9)14/h1-3,6,8H,4-5H2,(H2,15,17)/t6-,8+/m1/s1. The Kier molecular flexibility index (Phi) is 3.74. The molecule has 2 N–H and O–H groups in total. The van der Waals surface area contributed by atoms with E-state index in [-0.39, 0.29) is 0 Å². The highest BCUT2D eigenvalue weighted by molar-refractivity contribution is 7.89. The van der Waals surface area contributed by atoms with Gasteiger partial charge in [-0.25, -0.2) is 21.6 Å². The van der Waals surface area contributed by atoms with E-state index in [1.54, 1.807) is 0 Å². The van der Waals surface area contributed by atoms with Crippen molar-refractivity contribution in [2.45, 2.75) is 23.5 Å². The van der Waals surface area contributed by atoms with Crippen LogP contribution in [0.1, 0.15) is 6.42 Å². The maximum atomic E-state index is 13.6. The maximum absolute atomic E-state index is 13.6. The van der Waals surface area contributed by atoms with Gasteiger partial charge in [0.25, 0.3) is 0 Å². The fourth-order valence-corrected chi connectivity index (χ4v) is 3.80. The smallest absolute Gasteiger partial charge is 0.246 e. The molecule has 2 rings (SSSR count). The molecule has 0 saturated carbocycles. The van der Waals surface area contributed by atoms with Crippen molar-refractivity contribution in [1.29, 1.82) is 0 Å². The predicted molar refractivity (Wildman–Crippen MR) is 62.7 cm³/mol. The van der Waals surface area contributed by atoms with Gasteiger partial charge in [-0.2, -0.15) is 4.31 Å². The fraction of sp³-hybridized carbons (Fsp3) is 0.364. The highest BCUT2D eigenvalue weighted by Gasteiger charge is 2.44. The molecule has 2 atom stereocenters. The molecule has 1 heterocycles. The van der Waals surface area contributed by atoms with Gasteiger partial charge in [0.15, 0.2) is 11.6 Å². The number of benzene rings is 1. The zero-order valence-electron chi connectivity index (χ0n) is 10.1. The molecule has 1 fully saturated rings. The Hall–Kier alpha value is -1.61. The molecule has 0 aliphatic carbocycles. The van der Waals surface area contributed by atoms with E-state index in [9.17, 15) is 26.4 Å². The van der Waals surface area contributed by atoms with Crippen LogP contribution in [0.2, 0.25) is 0 Å². The first-order chi connectivity index (χ1) is 9.25. The van der Waals surface area contributed by atoms with Crippen LogP contribution in [0.5, 0.6) is 0 Å². The fourth-order valence-electron chi connectivity index (χ4n) is 2.09. The average molecular weight is 308 g/mol. The summed E-state index contributed by atoms with van der Waals surface area (Å²) in [5.74, 6) is -3.96. The lowest BCUT2D eigenvalue weighted by Gasteiger charge is -2.21. The molecule has 0 spiro atoms. The van der Waals surface area contributed by atoms with E-state index in [0.717, 1.165) is 18.2 Å². The lowest BCUT2D eigenvalue weighted by atomic mass is 10.2. The minimum atomic E-state index is -4.54. The van der Waals surface area contributed by atoms with Gasteiger partial charge in [-0.05, 0) is 12.1 Å². The number of sulfonamides is 1. The first kappa shape index (κ1) is 14.8. The second-order valence-electron chi connectivity index (χ2n) is 4.38. The Morgan fingerprint density at radius 1 is 1.35 bits per heavy atom. The van der Waals surface area contributed by atoms with Gasteiger partial charge in [-0.15, -0.1) is 0 Å². The van der Waals surface area contributed by atoms with E-state index in [1.165, 1.54) is 0 Å². The van der Waals surface area contributed by atoms with Gasteiger partial charge < -0.3 is 5.73 Å². The summed E-state index contributed by atoms with van der Waals surface area (Å²) < 4.78 is 64.9. The number of nitrogens with two attached hydrogens (primary N) is 1. The number of carbonyl (C=O) groups is 1. The Bertz CT molecular complexity index is 650. The third kappa shape index (κ3) is 2.38. The molecule has 1 aromatic carbocycles. The summed E-state index contributed by atoms with van der Waals surface area (Å²) in [7, 11) is -4.54. The zero-order chi connectivity index (χ0) is 15.1. The molecule has 9 heteroatoms. The highest BCUT2D eigenvalue weighted by atomic mass is 32.2. The highest BCUT2D eigenvalue weighted by Crippen LogP contribution is 2.29. The summed E-state index contributed by atoms with van der Waals surface area (Å²) in [4.78, 5) is 10.2. The minimum absolute atomic E-state index is 0.397. The summed E-state index contributed by atoms with van der Waals surface area (Å²) in [5, 5.41) is 0. The van der Waals surface area contributed by atoms with E-state index in [2.05, 4.69) is 0 Å². The summed E-state index contributed by atoms with van der Waals surface area (Å²) in [6.45, 7) is -0.619. The van der Waals surface area contributed by atoms with Gasteiger partial charge in [0.1, 0.15) is 17.1 Å². The first-order valence-corrected chi connectivity index (χ1v) is 7.08. The molecule has 0 unspecified atom stereocenters. The van der Waals surface area contributed by atoms with Crippen LogP contribution in [-0.4, -0.2) is 37.4 Å². The van der Waals surface area contributed by atoms with Crippen LogP contribution >= 0.6 is 0 Å². The first-order valence-electron chi connectivity index (χ1n) is 5.64. The summed E-state index contributed by atoms with van der Waals surface area (Å²) >= 11 is 0. The van der Waals surface area contributed by atoms with Gasteiger partial charge >= 0.3 is 0 Å². The van der Waals surface area contributed by atoms with Crippen LogP contribution in [0.4, 0.5) is 13.2 Å². The van der Waals surface area contributed by atoms with E-state index < -0.39 is 57.6 Å². The molecule has 5 nitrogen and oxygen atoms in total. The molecule has 1 aliphatic rings. The molecule has 110 valence electrons. The summed E-state index contributed by atoms with van der Waals surface area (Å²) in [5.41, 5.74) is 5.01. The Labute approximate surface area is 113 Å². The van der Waals surface area contributed by atoms with Crippen LogP contribution in [0, 0.1) is 11.6 Å². The van der Waals surface area contributed by atoms with Gasteiger partial charge in [-0.3, -0.25) is 4.79 Å². The number of rotatable bonds is 3. The van der Waals surface area contributed by atoms with E-state index in [0.29, 0.717) is 4.31 Å². The number of primary amides is 1. The van der Waals surface area contributed by atoms with Gasteiger partial charge in [0.2, 0.25) is 15.9 Å². The molecule has 0 bridgehead atoms. The Morgan fingerprint density at radius 2 is 2.00 bits per heavy atom. The normalized spacial score (nSPS) is 23.9. The van der Waals surface area contributed by atoms with Crippen LogP contribution in [-0.2, 0) is 14.8 Å². The van der Waals surface area contributed by atoms with Gasteiger partial charge in [-0.1, -0.05) is 6.07 Å². The van der Waals surface area contributed by atoms with Crippen molar-refractivity contribution < 1.29 is 26.4 Å². The number of hydrogen-bond acceptors (Lipinski definition) is 3. The maximum Gasteiger partial charge on any atom is 0.246 e. The molecule has 1 aliphatic heterocycles. The Balaban J connectivity index is 2.49. The molecule has 1 saturated heterocycles. The lowest BCUT2D eigenvalue weighted by Crippen LogP contribution is -2.43. The van der Waals surface area contributed by atoms with E-state index >= 15 is 0 Å². The number of amides is 1. The van der Waals surface area contributed by atoms with Crippen LogP contribution in [0.3, 0.4) is 0 Å². The number of nitrogens with zero attached hydrogens (tertiary/aromatic N) is 1. The number of halogens is 3. The third-order valence-electron chi connectivity index (χ3n) is 3.04. The molecular weight excluding hydrogens is 297 g/mol. The zero-order valence-corrected chi connectivity index (χ0v) is 10.9.